The smallest absolute Gasteiger partial charge is 0.338 e. The number of hydrogen-bond donors (Lipinski definition) is 0. The number of carbonyl (C=O) groups excluding carboxylic acids is 1. The summed E-state index contributed by atoms with van der Waals surface area (Å²) in [6.07, 6.45) is 3.00. The number of nitro groups is 1. The number of anilines is 1. The minimum absolute atomic E-state index is 0.00405. The molecule has 1 heterocycles. The second kappa shape index (κ2) is 6.74. The Morgan fingerprint density at radius 2 is 2.13 bits per heavy atom. The second-order valence-corrected chi connectivity index (χ2v) is 5.52. The Labute approximate surface area is 132 Å². The predicted octanol–water partition coefficient (Wildman–Crippen LogP) is 1.72. The first-order chi connectivity index (χ1) is 11.1. The lowest BCUT2D eigenvalue weighted by molar-refractivity contribution is -0.384. The van der Waals surface area contributed by atoms with Crippen LogP contribution in [0.2, 0.25) is 0 Å². The van der Waals surface area contributed by atoms with Gasteiger partial charge in [-0.3, -0.25) is 10.1 Å². The van der Waals surface area contributed by atoms with Gasteiger partial charge in [-0.25, -0.2) is 4.79 Å². The van der Waals surface area contributed by atoms with Crippen molar-refractivity contribution in [2.45, 2.75) is 12.8 Å². The van der Waals surface area contributed by atoms with Gasteiger partial charge in [0, 0.05) is 24.7 Å². The molecule has 2 fully saturated rings. The standard InChI is InChI=1S/C15H17N3O5/c19-15(12-2-3-12)23-16-10-11-1-4-13(14(9-11)18(20)21)17-5-7-22-8-6-17/h1,4,9-10,12H,2-3,5-8H2. The van der Waals surface area contributed by atoms with Crippen LogP contribution in [0.25, 0.3) is 0 Å². The van der Waals surface area contributed by atoms with E-state index >= 15 is 0 Å². The van der Waals surface area contributed by atoms with Crippen molar-refractivity contribution in [3.63, 3.8) is 0 Å². The topological polar surface area (TPSA) is 94.3 Å². The Balaban J connectivity index is 1.74. The largest absolute Gasteiger partial charge is 0.378 e. The van der Waals surface area contributed by atoms with Gasteiger partial charge in [-0.15, -0.1) is 0 Å². The highest BCUT2D eigenvalue weighted by Gasteiger charge is 2.31. The maximum Gasteiger partial charge on any atom is 0.338 e. The van der Waals surface area contributed by atoms with Crippen LogP contribution in [0.15, 0.2) is 23.4 Å². The number of morpholine rings is 1. The zero-order chi connectivity index (χ0) is 16.2. The Hall–Kier alpha value is -2.48. The molecule has 23 heavy (non-hydrogen) atoms. The van der Waals surface area contributed by atoms with Gasteiger partial charge >= 0.3 is 5.97 Å². The molecule has 1 aliphatic heterocycles. The third-order valence-electron chi connectivity index (χ3n) is 3.80. The van der Waals surface area contributed by atoms with Crippen molar-refractivity contribution in [3.8, 4) is 0 Å². The molecule has 2 aliphatic rings. The predicted molar refractivity (Wildman–Crippen MR) is 82.5 cm³/mol. The summed E-state index contributed by atoms with van der Waals surface area (Å²) in [7, 11) is 0. The van der Waals surface area contributed by atoms with Gasteiger partial charge in [-0.1, -0.05) is 11.2 Å². The lowest BCUT2D eigenvalue weighted by Gasteiger charge is -2.28. The molecular formula is C15H17N3O5. The van der Waals surface area contributed by atoms with E-state index < -0.39 is 4.92 Å². The van der Waals surface area contributed by atoms with Gasteiger partial charge in [-0.05, 0) is 18.9 Å². The first kappa shape index (κ1) is 15.4. The van der Waals surface area contributed by atoms with E-state index in [1.165, 1.54) is 12.3 Å². The molecule has 0 spiro atoms. The number of rotatable bonds is 5. The molecule has 8 heteroatoms. The average Bonchev–Trinajstić information content (AvgIpc) is 3.40. The van der Waals surface area contributed by atoms with E-state index in [2.05, 4.69) is 5.16 Å². The van der Waals surface area contributed by atoms with Crippen molar-refractivity contribution in [2.75, 3.05) is 31.2 Å². The number of nitro benzene ring substituents is 1. The maximum atomic E-state index is 11.4. The monoisotopic (exact) mass is 319 g/mol. The molecular weight excluding hydrogens is 302 g/mol. The molecule has 1 aromatic carbocycles. The summed E-state index contributed by atoms with van der Waals surface area (Å²) in [5.41, 5.74) is 1.08. The lowest BCUT2D eigenvalue weighted by atomic mass is 10.1. The number of hydrogen-bond acceptors (Lipinski definition) is 7. The summed E-state index contributed by atoms with van der Waals surface area (Å²) in [5, 5.41) is 14.9. The van der Waals surface area contributed by atoms with Crippen LogP contribution < -0.4 is 4.90 Å². The van der Waals surface area contributed by atoms with E-state index in [0.29, 0.717) is 37.6 Å². The quantitative estimate of drug-likeness (QED) is 0.355. The zero-order valence-electron chi connectivity index (χ0n) is 12.5. The molecule has 0 radical (unpaired) electrons. The van der Waals surface area contributed by atoms with Gasteiger partial charge in [0.1, 0.15) is 5.69 Å². The summed E-state index contributed by atoms with van der Waals surface area (Å²) in [6.45, 7) is 2.34. The number of nitrogens with zero attached hydrogens (tertiary/aromatic N) is 3. The normalized spacial score (nSPS) is 18.2. The molecule has 0 atom stereocenters. The fraction of sp³-hybridized carbons (Fsp3) is 0.467. The highest BCUT2D eigenvalue weighted by Crippen LogP contribution is 2.31. The maximum absolute atomic E-state index is 11.4. The minimum Gasteiger partial charge on any atom is -0.378 e. The fourth-order valence-electron chi connectivity index (χ4n) is 2.37. The van der Waals surface area contributed by atoms with Crippen LogP contribution in [0.4, 0.5) is 11.4 Å². The van der Waals surface area contributed by atoms with E-state index in [0.717, 1.165) is 12.8 Å². The average molecular weight is 319 g/mol. The summed E-state index contributed by atoms with van der Waals surface area (Å²) >= 11 is 0. The van der Waals surface area contributed by atoms with Crippen molar-refractivity contribution in [3.05, 3.63) is 33.9 Å². The van der Waals surface area contributed by atoms with Gasteiger partial charge in [0.2, 0.25) is 0 Å². The van der Waals surface area contributed by atoms with E-state index in [1.54, 1.807) is 12.1 Å². The van der Waals surface area contributed by atoms with Crippen molar-refractivity contribution in [2.24, 2.45) is 11.1 Å². The van der Waals surface area contributed by atoms with E-state index in [-0.39, 0.29) is 17.6 Å². The van der Waals surface area contributed by atoms with Crippen molar-refractivity contribution >= 4 is 23.6 Å². The fourth-order valence-corrected chi connectivity index (χ4v) is 2.37. The van der Waals surface area contributed by atoms with Crippen LogP contribution in [-0.2, 0) is 14.4 Å². The number of oxime groups is 1. The van der Waals surface area contributed by atoms with Crippen LogP contribution >= 0.6 is 0 Å². The molecule has 1 aromatic rings. The minimum atomic E-state index is -0.418. The molecule has 8 nitrogen and oxygen atoms in total. The molecule has 3 rings (SSSR count). The molecule has 0 N–H and O–H groups in total. The molecule has 0 unspecified atom stereocenters. The van der Waals surface area contributed by atoms with Gasteiger partial charge in [0.05, 0.1) is 30.3 Å². The second-order valence-electron chi connectivity index (χ2n) is 5.52. The number of benzene rings is 1. The van der Waals surface area contributed by atoms with Crippen LogP contribution in [0, 0.1) is 16.0 Å². The summed E-state index contributed by atoms with van der Waals surface area (Å²) in [6, 6.07) is 4.83. The molecule has 0 bridgehead atoms. The first-order valence-electron chi connectivity index (χ1n) is 7.50. The van der Waals surface area contributed by atoms with Crippen LogP contribution in [0.3, 0.4) is 0 Å². The van der Waals surface area contributed by atoms with E-state index in [9.17, 15) is 14.9 Å². The van der Waals surface area contributed by atoms with E-state index in [4.69, 9.17) is 9.57 Å². The van der Waals surface area contributed by atoms with Gasteiger partial charge in [0.25, 0.3) is 5.69 Å². The molecule has 122 valence electrons. The molecule has 1 saturated heterocycles. The third kappa shape index (κ3) is 3.84. The summed E-state index contributed by atoms with van der Waals surface area (Å²) in [5.74, 6) is -0.383. The van der Waals surface area contributed by atoms with E-state index in [1.807, 2.05) is 4.90 Å². The van der Waals surface area contributed by atoms with Crippen LogP contribution in [-0.4, -0.2) is 43.4 Å². The zero-order valence-corrected chi connectivity index (χ0v) is 12.5. The Kier molecular flexibility index (Phi) is 4.52. The van der Waals surface area contributed by atoms with Crippen molar-refractivity contribution in [1.82, 2.24) is 0 Å². The molecule has 1 aliphatic carbocycles. The van der Waals surface area contributed by atoms with Crippen LogP contribution in [0.5, 0.6) is 0 Å². The SMILES string of the molecule is O=C(ON=Cc1ccc(N2CCOCC2)c([N+](=O)[O-])c1)C1CC1. The Morgan fingerprint density at radius 1 is 1.39 bits per heavy atom. The Bertz CT molecular complexity index is 636. The van der Waals surface area contributed by atoms with Crippen LogP contribution in [0.1, 0.15) is 18.4 Å². The summed E-state index contributed by atoms with van der Waals surface area (Å²) in [4.78, 5) is 28.9. The Morgan fingerprint density at radius 3 is 2.78 bits per heavy atom. The first-order valence-corrected chi connectivity index (χ1v) is 7.50. The third-order valence-corrected chi connectivity index (χ3v) is 3.80. The number of ether oxygens (including phenoxy) is 1. The van der Waals surface area contributed by atoms with Gasteiger partial charge in [0.15, 0.2) is 0 Å². The molecule has 0 amide bonds. The highest BCUT2D eigenvalue weighted by molar-refractivity contribution is 5.84. The van der Waals surface area contributed by atoms with Crippen molar-refractivity contribution in [1.29, 1.82) is 0 Å². The highest BCUT2D eigenvalue weighted by atomic mass is 16.7. The number of carbonyl (C=O) groups is 1. The molecule has 0 aromatic heterocycles. The van der Waals surface area contributed by atoms with Gasteiger partial charge in [-0.2, -0.15) is 0 Å². The summed E-state index contributed by atoms with van der Waals surface area (Å²) < 4.78 is 5.26. The lowest BCUT2D eigenvalue weighted by Crippen LogP contribution is -2.36. The molecule has 1 saturated carbocycles. The van der Waals surface area contributed by atoms with Crippen molar-refractivity contribution < 1.29 is 19.3 Å². The van der Waals surface area contributed by atoms with Gasteiger partial charge < -0.3 is 14.5 Å².